The van der Waals surface area contributed by atoms with Crippen LogP contribution in [0.3, 0.4) is 0 Å². The van der Waals surface area contributed by atoms with Gasteiger partial charge in [0.15, 0.2) is 10.9 Å². The van der Waals surface area contributed by atoms with E-state index in [9.17, 15) is 4.79 Å². The lowest BCUT2D eigenvalue weighted by Gasteiger charge is -2.29. The first-order valence-electron chi connectivity index (χ1n) is 9.76. The van der Waals surface area contributed by atoms with Gasteiger partial charge in [0.2, 0.25) is 11.7 Å². The molecule has 7 nitrogen and oxygen atoms in total. The highest BCUT2D eigenvalue weighted by Crippen LogP contribution is 2.36. The molecule has 8 heteroatoms. The van der Waals surface area contributed by atoms with Crippen LogP contribution in [0.4, 0.5) is 0 Å². The number of hydrogen-bond acceptors (Lipinski definition) is 6. The molecule has 1 unspecified atom stereocenters. The number of morpholine rings is 1. The summed E-state index contributed by atoms with van der Waals surface area (Å²) in [4.78, 5) is 14.7. The van der Waals surface area contributed by atoms with Crippen molar-refractivity contribution in [2.24, 2.45) is 0 Å². The molecule has 0 radical (unpaired) electrons. The molecule has 2 fully saturated rings. The predicted molar refractivity (Wildman–Crippen MR) is 103 cm³/mol. The van der Waals surface area contributed by atoms with Crippen molar-refractivity contribution in [3.05, 3.63) is 18.4 Å². The van der Waals surface area contributed by atoms with Crippen LogP contribution in [-0.4, -0.2) is 57.1 Å². The van der Waals surface area contributed by atoms with E-state index in [1.54, 1.807) is 6.26 Å². The number of ether oxygens (including phenoxy) is 1. The second-order valence-electron chi connectivity index (χ2n) is 7.14. The zero-order valence-corrected chi connectivity index (χ0v) is 16.5. The molecule has 1 atom stereocenters. The average molecular weight is 391 g/mol. The summed E-state index contributed by atoms with van der Waals surface area (Å²) >= 11 is 1.50. The molecule has 3 heterocycles. The van der Waals surface area contributed by atoms with E-state index in [0.29, 0.717) is 32.3 Å². The smallest absolute Gasteiger partial charge is 0.236 e. The highest BCUT2D eigenvalue weighted by molar-refractivity contribution is 8.00. The molecule has 0 aromatic carbocycles. The Balaban J connectivity index is 1.57. The monoisotopic (exact) mass is 390 g/mol. The van der Waals surface area contributed by atoms with E-state index in [1.165, 1.54) is 31.0 Å². The molecule has 1 saturated carbocycles. The van der Waals surface area contributed by atoms with E-state index in [4.69, 9.17) is 9.15 Å². The molecule has 2 aliphatic rings. The van der Waals surface area contributed by atoms with E-state index in [1.807, 2.05) is 24.0 Å². The van der Waals surface area contributed by atoms with Crippen molar-refractivity contribution < 1.29 is 13.9 Å². The number of carbonyl (C=O) groups excluding carboxylic acids is 1. The molecule has 4 rings (SSSR count). The standard InChI is InChI=1S/C19H26N4O3S/c1-14(18(24)22-9-12-25-13-10-22)27-19-21-20-17(16-8-5-11-26-16)23(19)15-6-3-2-4-7-15/h5,8,11,14-15H,2-4,6-7,9-10,12-13H2,1H3. The first-order valence-corrected chi connectivity index (χ1v) is 10.6. The Morgan fingerprint density at radius 2 is 2.00 bits per heavy atom. The minimum atomic E-state index is -0.209. The SMILES string of the molecule is CC(Sc1nnc(-c2ccco2)n1C1CCCCC1)C(=O)N1CCOCC1. The minimum absolute atomic E-state index is 0.140. The van der Waals surface area contributed by atoms with Gasteiger partial charge in [-0.25, -0.2) is 0 Å². The number of carbonyl (C=O) groups is 1. The lowest BCUT2D eigenvalue weighted by Crippen LogP contribution is -2.44. The van der Waals surface area contributed by atoms with Gasteiger partial charge < -0.3 is 14.1 Å². The van der Waals surface area contributed by atoms with Crippen LogP contribution in [0.25, 0.3) is 11.6 Å². The third-order valence-electron chi connectivity index (χ3n) is 5.30. The summed E-state index contributed by atoms with van der Waals surface area (Å²) in [5.74, 6) is 1.63. The second-order valence-corrected chi connectivity index (χ2v) is 8.45. The lowest BCUT2D eigenvalue weighted by atomic mass is 9.95. The number of amides is 1. The molecule has 2 aromatic heterocycles. The fourth-order valence-electron chi connectivity index (χ4n) is 3.85. The van der Waals surface area contributed by atoms with Gasteiger partial charge in [0.1, 0.15) is 0 Å². The Kier molecular flexibility index (Phi) is 5.83. The molecule has 1 saturated heterocycles. The number of hydrogen-bond donors (Lipinski definition) is 0. The predicted octanol–water partition coefficient (Wildman–Crippen LogP) is 3.38. The highest BCUT2D eigenvalue weighted by atomic mass is 32.2. The second kappa shape index (κ2) is 8.48. The first-order chi connectivity index (χ1) is 13.2. The summed E-state index contributed by atoms with van der Waals surface area (Å²) in [6.45, 7) is 4.51. The van der Waals surface area contributed by atoms with Gasteiger partial charge in [-0.1, -0.05) is 31.0 Å². The summed E-state index contributed by atoms with van der Waals surface area (Å²) < 4.78 is 13.1. The van der Waals surface area contributed by atoms with Gasteiger partial charge in [-0.3, -0.25) is 9.36 Å². The lowest BCUT2D eigenvalue weighted by molar-refractivity contribution is -0.134. The van der Waals surface area contributed by atoms with Gasteiger partial charge in [0.25, 0.3) is 0 Å². The van der Waals surface area contributed by atoms with Crippen molar-refractivity contribution in [3.8, 4) is 11.6 Å². The molecule has 1 amide bonds. The summed E-state index contributed by atoms with van der Waals surface area (Å²) in [7, 11) is 0. The number of nitrogens with zero attached hydrogens (tertiary/aromatic N) is 4. The van der Waals surface area contributed by atoms with Gasteiger partial charge >= 0.3 is 0 Å². The van der Waals surface area contributed by atoms with Crippen LogP contribution in [-0.2, 0) is 9.53 Å². The number of furan rings is 1. The van der Waals surface area contributed by atoms with Crippen LogP contribution >= 0.6 is 11.8 Å². The molecule has 146 valence electrons. The Hall–Kier alpha value is -1.80. The molecule has 27 heavy (non-hydrogen) atoms. The quantitative estimate of drug-likeness (QED) is 0.729. The number of rotatable bonds is 5. The summed E-state index contributed by atoms with van der Waals surface area (Å²) in [5.41, 5.74) is 0. The maximum Gasteiger partial charge on any atom is 0.236 e. The average Bonchev–Trinajstić information content (AvgIpc) is 3.38. The third kappa shape index (κ3) is 4.06. The van der Waals surface area contributed by atoms with E-state index in [0.717, 1.165) is 29.6 Å². The van der Waals surface area contributed by atoms with Crippen LogP contribution < -0.4 is 0 Å². The van der Waals surface area contributed by atoms with Crippen LogP contribution in [0, 0.1) is 0 Å². The summed E-state index contributed by atoms with van der Waals surface area (Å²) in [5, 5.41) is 9.45. The van der Waals surface area contributed by atoms with Crippen molar-refractivity contribution in [1.82, 2.24) is 19.7 Å². The molecule has 0 bridgehead atoms. The normalized spacial score (nSPS) is 20.0. The molecular formula is C19H26N4O3S. The van der Waals surface area contributed by atoms with E-state index >= 15 is 0 Å². The van der Waals surface area contributed by atoms with Gasteiger partial charge in [-0.15, -0.1) is 10.2 Å². The topological polar surface area (TPSA) is 73.4 Å². The van der Waals surface area contributed by atoms with Crippen molar-refractivity contribution >= 4 is 17.7 Å². The van der Waals surface area contributed by atoms with Crippen molar-refractivity contribution in [2.45, 2.75) is 55.5 Å². The molecule has 0 N–H and O–H groups in total. The maximum atomic E-state index is 12.8. The molecule has 0 spiro atoms. The third-order valence-corrected chi connectivity index (χ3v) is 6.34. The van der Waals surface area contributed by atoms with Crippen LogP contribution in [0.15, 0.2) is 28.0 Å². The minimum Gasteiger partial charge on any atom is -0.461 e. The Morgan fingerprint density at radius 1 is 1.22 bits per heavy atom. The fourth-order valence-corrected chi connectivity index (χ4v) is 4.85. The van der Waals surface area contributed by atoms with Gasteiger partial charge in [-0.05, 0) is 31.9 Å². The van der Waals surface area contributed by atoms with Gasteiger partial charge in [0, 0.05) is 19.1 Å². The fraction of sp³-hybridized carbons (Fsp3) is 0.632. The van der Waals surface area contributed by atoms with Gasteiger partial charge in [0.05, 0.1) is 24.7 Å². The zero-order valence-electron chi connectivity index (χ0n) is 15.7. The largest absolute Gasteiger partial charge is 0.461 e. The van der Waals surface area contributed by atoms with Crippen LogP contribution in [0.1, 0.15) is 45.1 Å². The van der Waals surface area contributed by atoms with Crippen molar-refractivity contribution in [1.29, 1.82) is 0 Å². The van der Waals surface area contributed by atoms with E-state index < -0.39 is 0 Å². The first kappa shape index (κ1) is 18.6. The maximum absolute atomic E-state index is 12.8. The molecular weight excluding hydrogens is 364 g/mol. The molecule has 1 aliphatic heterocycles. The van der Waals surface area contributed by atoms with E-state index in [-0.39, 0.29) is 11.2 Å². The van der Waals surface area contributed by atoms with Gasteiger partial charge in [-0.2, -0.15) is 0 Å². The van der Waals surface area contributed by atoms with Crippen LogP contribution in [0.5, 0.6) is 0 Å². The summed E-state index contributed by atoms with van der Waals surface area (Å²) in [6.07, 6.45) is 7.60. The summed E-state index contributed by atoms with van der Waals surface area (Å²) in [6, 6.07) is 4.15. The highest BCUT2D eigenvalue weighted by Gasteiger charge is 2.29. The molecule has 2 aromatic rings. The van der Waals surface area contributed by atoms with E-state index in [2.05, 4.69) is 14.8 Å². The Labute approximate surface area is 163 Å². The zero-order chi connectivity index (χ0) is 18.6. The van der Waals surface area contributed by atoms with Crippen LogP contribution in [0.2, 0.25) is 0 Å². The number of aromatic nitrogens is 3. The molecule has 1 aliphatic carbocycles. The Bertz CT molecular complexity index is 749. The Morgan fingerprint density at radius 3 is 2.70 bits per heavy atom. The number of thioether (sulfide) groups is 1. The van der Waals surface area contributed by atoms with Crippen molar-refractivity contribution in [3.63, 3.8) is 0 Å². The van der Waals surface area contributed by atoms with Crippen molar-refractivity contribution in [2.75, 3.05) is 26.3 Å².